The van der Waals surface area contributed by atoms with Crippen molar-refractivity contribution in [3.05, 3.63) is 23.6 Å². The highest BCUT2D eigenvalue weighted by molar-refractivity contribution is 7.90. The molecule has 13 heteroatoms. The van der Waals surface area contributed by atoms with Crippen LogP contribution in [0.25, 0.3) is 0 Å². The van der Waals surface area contributed by atoms with Crippen molar-refractivity contribution in [1.82, 2.24) is 24.5 Å². The topological polar surface area (TPSA) is 132 Å². The number of nitrogens with one attached hydrogen (secondary N) is 3. The van der Waals surface area contributed by atoms with Gasteiger partial charge in [0, 0.05) is 13.2 Å². The molecule has 2 aliphatic heterocycles. The minimum atomic E-state index is -3.39. The number of sulfonamides is 1. The van der Waals surface area contributed by atoms with Gasteiger partial charge in [0.05, 0.1) is 48.6 Å². The summed E-state index contributed by atoms with van der Waals surface area (Å²) in [6.07, 6.45) is 7.64. The predicted molar refractivity (Wildman–Crippen MR) is 119 cm³/mol. The van der Waals surface area contributed by atoms with Gasteiger partial charge in [-0.05, 0) is 12.8 Å². The van der Waals surface area contributed by atoms with Crippen molar-refractivity contribution < 1.29 is 17.9 Å². The number of aromatic nitrogens is 4. The van der Waals surface area contributed by atoms with Crippen LogP contribution in [0.3, 0.4) is 0 Å². The number of nitrogens with zero attached hydrogens (tertiary/aromatic N) is 4. The zero-order valence-corrected chi connectivity index (χ0v) is 19.1. The molecule has 3 aliphatic rings. The fourth-order valence-corrected chi connectivity index (χ4v) is 6.47. The third kappa shape index (κ3) is 4.42. The van der Waals surface area contributed by atoms with Gasteiger partial charge < -0.3 is 20.1 Å². The van der Waals surface area contributed by atoms with Gasteiger partial charge in [-0.25, -0.2) is 18.1 Å². The van der Waals surface area contributed by atoms with E-state index in [9.17, 15) is 8.42 Å². The van der Waals surface area contributed by atoms with Gasteiger partial charge in [-0.15, -0.1) is 0 Å². The van der Waals surface area contributed by atoms with Crippen molar-refractivity contribution in [3.8, 4) is 0 Å². The molecule has 3 fully saturated rings. The maximum Gasteiger partial charge on any atom is 0.229 e. The molecule has 11 nitrogen and oxygen atoms in total. The number of aryl methyl sites for hydroxylation is 1. The van der Waals surface area contributed by atoms with Crippen LogP contribution < -0.4 is 15.4 Å². The summed E-state index contributed by atoms with van der Waals surface area (Å²) < 4.78 is 41.7. The Morgan fingerprint density at radius 2 is 1.84 bits per heavy atom. The van der Waals surface area contributed by atoms with Crippen LogP contribution in [0, 0.1) is 0 Å². The lowest BCUT2D eigenvalue weighted by Crippen LogP contribution is -2.47. The van der Waals surface area contributed by atoms with Crippen LogP contribution in [0.5, 0.6) is 0 Å². The summed E-state index contributed by atoms with van der Waals surface area (Å²) in [5, 5.41) is 10.5. The number of rotatable bonds is 7. The molecular formula is C19H26ClN7O4S. The lowest BCUT2D eigenvalue weighted by molar-refractivity contribution is 0.0690. The molecule has 0 bridgehead atoms. The van der Waals surface area contributed by atoms with Crippen molar-refractivity contribution in [2.75, 3.05) is 23.8 Å². The zero-order chi connectivity index (χ0) is 22.3. The summed E-state index contributed by atoms with van der Waals surface area (Å²) in [4.78, 5) is 8.66. The van der Waals surface area contributed by atoms with Crippen LogP contribution >= 0.6 is 11.6 Å². The van der Waals surface area contributed by atoms with Gasteiger partial charge in [-0.1, -0.05) is 24.4 Å². The molecule has 4 atom stereocenters. The van der Waals surface area contributed by atoms with Crippen molar-refractivity contribution in [2.24, 2.45) is 7.05 Å². The fourth-order valence-electron chi connectivity index (χ4n) is 4.55. The number of fused-ring (bicyclic) bond motifs is 1. The van der Waals surface area contributed by atoms with Crippen molar-refractivity contribution in [2.45, 2.75) is 55.2 Å². The number of ether oxygens (including phenoxy) is 2. The molecule has 2 unspecified atom stereocenters. The largest absolute Gasteiger partial charge is 0.371 e. The van der Waals surface area contributed by atoms with Crippen molar-refractivity contribution >= 4 is 39.1 Å². The summed E-state index contributed by atoms with van der Waals surface area (Å²) in [5.41, 5.74) is 0.751. The van der Waals surface area contributed by atoms with Crippen LogP contribution in [0.2, 0.25) is 5.02 Å². The highest BCUT2D eigenvalue weighted by atomic mass is 35.5. The minimum absolute atomic E-state index is 0.223. The maximum absolute atomic E-state index is 12.7. The Morgan fingerprint density at radius 1 is 1.12 bits per heavy atom. The molecule has 4 heterocycles. The Bertz CT molecular complexity index is 1080. The molecule has 174 valence electrons. The lowest BCUT2D eigenvalue weighted by atomic mass is 10.1. The van der Waals surface area contributed by atoms with Crippen LogP contribution in [0.15, 0.2) is 18.6 Å². The third-order valence-electron chi connectivity index (χ3n) is 6.14. The second-order valence-electron chi connectivity index (χ2n) is 8.44. The molecule has 2 aromatic heterocycles. The summed E-state index contributed by atoms with van der Waals surface area (Å²) in [7, 11) is -1.57. The summed E-state index contributed by atoms with van der Waals surface area (Å²) in [5.74, 6) is 0.816. The van der Waals surface area contributed by atoms with Gasteiger partial charge in [-0.2, -0.15) is 10.1 Å². The number of anilines is 3. The van der Waals surface area contributed by atoms with Crippen LogP contribution in [0.4, 0.5) is 17.5 Å². The molecule has 2 aromatic rings. The smallest absolute Gasteiger partial charge is 0.229 e. The molecular weight excluding hydrogens is 458 g/mol. The van der Waals surface area contributed by atoms with E-state index >= 15 is 0 Å². The molecule has 0 radical (unpaired) electrons. The average Bonchev–Trinajstić information content (AvgIpc) is 3.53. The van der Waals surface area contributed by atoms with Gasteiger partial charge >= 0.3 is 0 Å². The summed E-state index contributed by atoms with van der Waals surface area (Å²) >= 11 is 6.31. The van der Waals surface area contributed by atoms with E-state index in [1.165, 1.54) is 6.20 Å². The molecule has 2 saturated heterocycles. The van der Waals surface area contributed by atoms with Crippen LogP contribution in [-0.2, 0) is 26.5 Å². The first-order valence-corrected chi connectivity index (χ1v) is 12.6. The number of hydrogen-bond acceptors (Lipinski definition) is 9. The molecule has 3 N–H and O–H groups in total. The van der Waals surface area contributed by atoms with Gasteiger partial charge in [0.2, 0.25) is 16.0 Å². The summed E-state index contributed by atoms with van der Waals surface area (Å²) in [6.45, 7) is 0.619. The number of halogens is 1. The minimum Gasteiger partial charge on any atom is -0.371 e. The SMILES string of the molecule is Cn1cc(Nc2ncc(Cl)c(N[C@@H]3COC4C3OC[C@@H]4NS(=O)(=O)C3CCCC3)n2)cn1. The van der Waals surface area contributed by atoms with Gasteiger partial charge in [0.15, 0.2) is 5.82 Å². The highest BCUT2D eigenvalue weighted by Crippen LogP contribution is 2.32. The maximum atomic E-state index is 12.7. The molecule has 5 rings (SSSR count). The Kier molecular flexibility index (Phi) is 5.97. The van der Waals surface area contributed by atoms with Crippen molar-refractivity contribution in [1.29, 1.82) is 0 Å². The quantitative estimate of drug-likeness (QED) is 0.534. The lowest BCUT2D eigenvalue weighted by Gasteiger charge is -2.20. The predicted octanol–water partition coefficient (Wildman–Crippen LogP) is 1.42. The highest BCUT2D eigenvalue weighted by Gasteiger charge is 2.49. The van der Waals surface area contributed by atoms with E-state index < -0.39 is 16.1 Å². The molecule has 1 saturated carbocycles. The first kappa shape index (κ1) is 21.8. The molecule has 0 aromatic carbocycles. The Labute approximate surface area is 191 Å². The Balaban J connectivity index is 1.24. The first-order chi connectivity index (χ1) is 15.4. The average molecular weight is 484 g/mol. The van der Waals surface area contributed by atoms with E-state index in [4.69, 9.17) is 21.1 Å². The molecule has 0 spiro atoms. The second-order valence-corrected chi connectivity index (χ2v) is 10.8. The zero-order valence-electron chi connectivity index (χ0n) is 17.6. The van der Waals surface area contributed by atoms with Crippen LogP contribution in [0.1, 0.15) is 25.7 Å². The fraction of sp³-hybridized carbons (Fsp3) is 0.632. The Morgan fingerprint density at radius 3 is 2.56 bits per heavy atom. The van der Waals surface area contributed by atoms with E-state index in [1.54, 1.807) is 17.1 Å². The van der Waals surface area contributed by atoms with Crippen LogP contribution in [-0.4, -0.2) is 70.9 Å². The van der Waals surface area contributed by atoms with E-state index in [1.807, 2.05) is 7.05 Å². The molecule has 0 amide bonds. The van der Waals surface area contributed by atoms with Gasteiger partial charge in [0.25, 0.3) is 0 Å². The van der Waals surface area contributed by atoms with E-state index in [0.717, 1.165) is 18.5 Å². The van der Waals surface area contributed by atoms with E-state index in [-0.39, 0.29) is 30.1 Å². The van der Waals surface area contributed by atoms with Crippen molar-refractivity contribution in [3.63, 3.8) is 0 Å². The third-order valence-corrected chi connectivity index (χ3v) is 8.39. The van der Waals surface area contributed by atoms with E-state index in [0.29, 0.717) is 36.2 Å². The second kappa shape index (κ2) is 8.75. The van der Waals surface area contributed by atoms with Gasteiger partial charge in [0.1, 0.15) is 17.2 Å². The Hall–Kier alpha value is -1.99. The monoisotopic (exact) mass is 483 g/mol. The standard InChI is InChI=1S/C19H26ClN7O4S/c1-27-8-11(6-22-27)23-19-21-7-13(20)18(25-19)24-14-9-30-17-15(10-31-16(14)17)26-32(28,29)12-4-2-3-5-12/h6-8,12,14-17,26H,2-5,9-10H2,1H3,(H2,21,23,24,25)/t14-,15+,16?,17?/m1/s1. The van der Waals surface area contributed by atoms with E-state index in [2.05, 4.69) is 30.4 Å². The summed E-state index contributed by atoms with van der Waals surface area (Å²) in [6, 6.07) is -0.624. The molecule has 1 aliphatic carbocycles. The first-order valence-electron chi connectivity index (χ1n) is 10.7. The normalized spacial score (nSPS) is 28.2. The molecule has 32 heavy (non-hydrogen) atoms. The number of hydrogen-bond donors (Lipinski definition) is 3. The van der Waals surface area contributed by atoms with Gasteiger partial charge in [-0.3, -0.25) is 4.68 Å².